The molecule has 3 rings (SSSR count). The Bertz CT molecular complexity index is 592. The molecule has 0 amide bonds. The molecular formula is C17H22N2OS. The smallest absolute Gasteiger partial charge is 0.120 e. The molecule has 1 heterocycles. The van der Waals surface area contributed by atoms with Crippen LogP contribution in [0.3, 0.4) is 0 Å². The molecule has 1 aliphatic rings. The number of benzene rings is 1. The predicted molar refractivity (Wildman–Crippen MR) is 87.1 cm³/mol. The first-order chi connectivity index (χ1) is 10.3. The summed E-state index contributed by atoms with van der Waals surface area (Å²) in [6.07, 6.45) is 3.92. The second-order valence-corrected chi connectivity index (χ2v) is 6.63. The van der Waals surface area contributed by atoms with Gasteiger partial charge in [0.15, 0.2) is 0 Å². The van der Waals surface area contributed by atoms with E-state index in [1.54, 1.807) is 11.3 Å². The topological polar surface area (TPSA) is 34.1 Å². The fourth-order valence-corrected chi connectivity index (χ4v) is 2.98. The van der Waals surface area contributed by atoms with Crippen molar-refractivity contribution in [2.75, 3.05) is 6.54 Å². The summed E-state index contributed by atoms with van der Waals surface area (Å²) in [7, 11) is 0. The van der Waals surface area contributed by atoms with Gasteiger partial charge in [-0.3, -0.25) is 0 Å². The van der Waals surface area contributed by atoms with Crippen molar-refractivity contribution < 1.29 is 4.74 Å². The van der Waals surface area contributed by atoms with E-state index in [0.29, 0.717) is 6.10 Å². The third-order valence-electron chi connectivity index (χ3n) is 3.55. The van der Waals surface area contributed by atoms with Crippen molar-refractivity contribution in [2.45, 2.75) is 45.3 Å². The Morgan fingerprint density at radius 2 is 2.29 bits per heavy atom. The molecule has 2 aromatic rings. The summed E-state index contributed by atoms with van der Waals surface area (Å²) >= 11 is 1.70. The van der Waals surface area contributed by atoms with E-state index in [0.717, 1.165) is 29.4 Å². The lowest BCUT2D eigenvalue weighted by molar-refractivity contribution is 0.302. The minimum absolute atomic E-state index is 0.151. The lowest BCUT2D eigenvalue weighted by Crippen LogP contribution is -2.23. The molecule has 1 unspecified atom stereocenters. The Kier molecular flexibility index (Phi) is 4.56. The van der Waals surface area contributed by atoms with Gasteiger partial charge in [-0.05, 0) is 50.4 Å². The first kappa shape index (κ1) is 14.5. The van der Waals surface area contributed by atoms with Gasteiger partial charge >= 0.3 is 0 Å². The third-order valence-corrected chi connectivity index (χ3v) is 4.34. The number of hydrogen-bond donors (Lipinski definition) is 1. The van der Waals surface area contributed by atoms with E-state index in [9.17, 15) is 0 Å². The highest BCUT2D eigenvalue weighted by molar-refractivity contribution is 7.09. The summed E-state index contributed by atoms with van der Waals surface area (Å²) in [5.74, 6) is 0.977. The van der Waals surface area contributed by atoms with Gasteiger partial charge in [0.2, 0.25) is 0 Å². The van der Waals surface area contributed by atoms with E-state index in [2.05, 4.69) is 47.7 Å². The molecule has 0 spiro atoms. The highest BCUT2D eigenvalue weighted by Gasteiger charge is 2.24. The molecule has 0 aliphatic heterocycles. The highest BCUT2D eigenvalue weighted by atomic mass is 32.1. The number of hydrogen-bond acceptors (Lipinski definition) is 4. The molecule has 21 heavy (non-hydrogen) atoms. The van der Waals surface area contributed by atoms with E-state index >= 15 is 0 Å². The summed E-state index contributed by atoms with van der Waals surface area (Å²) in [6, 6.07) is 8.58. The van der Waals surface area contributed by atoms with Crippen LogP contribution in [-0.4, -0.2) is 17.6 Å². The summed E-state index contributed by atoms with van der Waals surface area (Å²) in [5.41, 5.74) is 2.33. The van der Waals surface area contributed by atoms with Gasteiger partial charge in [0.05, 0.1) is 22.8 Å². The second-order valence-electron chi connectivity index (χ2n) is 5.57. The van der Waals surface area contributed by atoms with E-state index in [4.69, 9.17) is 4.74 Å². The van der Waals surface area contributed by atoms with Crippen molar-refractivity contribution in [1.29, 1.82) is 0 Å². The van der Waals surface area contributed by atoms with Gasteiger partial charge < -0.3 is 10.1 Å². The van der Waals surface area contributed by atoms with Gasteiger partial charge in [0.25, 0.3) is 0 Å². The zero-order chi connectivity index (χ0) is 14.7. The molecule has 1 atom stereocenters. The van der Waals surface area contributed by atoms with Crippen LogP contribution >= 0.6 is 11.3 Å². The maximum absolute atomic E-state index is 5.92. The minimum atomic E-state index is 0.151. The Balaban J connectivity index is 1.83. The summed E-state index contributed by atoms with van der Waals surface area (Å²) < 4.78 is 5.92. The summed E-state index contributed by atoms with van der Waals surface area (Å²) in [4.78, 5) is 4.66. The summed E-state index contributed by atoms with van der Waals surface area (Å²) in [6.45, 7) is 5.22. The molecule has 3 nitrogen and oxygen atoms in total. The standard InChI is InChI=1S/C17H22N2OS/c1-3-9-18-17(16-11-21-12(2)19-16)13-5-4-6-15(10-13)20-14-7-8-14/h4-6,10-11,14,17-18H,3,7-9H2,1-2H3. The third kappa shape index (κ3) is 3.83. The van der Waals surface area contributed by atoms with Gasteiger partial charge in [-0.2, -0.15) is 0 Å². The Morgan fingerprint density at radius 3 is 2.95 bits per heavy atom. The molecule has 1 fully saturated rings. The van der Waals surface area contributed by atoms with Gasteiger partial charge in [-0.15, -0.1) is 11.3 Å². The maximum atomic E-state index is 5.92. The van der Waals surface area contributed by atoms with Crippen LogP contribution < -0.4 is 10.1 Å². The van der Waals surface area contributed by atoms with Crippen LogP contribution in [0.4, 0.5) is 0 Å². The van der Waals surface area contributed by atoms with Crippen molar-refractivity contribution in [3.05, 3.63) is 45.9 Å². The Hall–Kier alpha value is -1.39. The molecular weight excluding hydrogens is 280 g/mol. The van der Waals surface area contributed by atoms with Gasteiger partial charge in [0, 0.05) is 5.38 Å². The Morgan fingerprint density at radius 1 is 1.43 bits per heavy atom. The molecule has 112 valence electrons. The van der Waals surface area contributed by atoms with Crippen LogP contribution in [0, 0.1) is 6.92 Å². The first-order valence-electron chi connectivity index (χ1n) is 7.68. The predicted octanol–water partition coefficient (Wildman–Crippen LogP) is 4.08. The van der Waals surface area contributed by atoms with Crippen LogP contribution in [0.2, 0.25) is 0 Å². The molecule has 1 aliphatic carbocycles. The lowest BCUT2D eigenvalue weighted by atomic mass is 10.0. The van der Waals surface area contributed by atoms with Crippen molar-refractivity contribution >= 4 is 11.3 Å². The molecule has 1 saturated carbocycles. The van der Waals surface area contributed by atoms with Crippen molar-refractivity contribution in [1.82, 2.24) is 10.3 Å². The van der Waals surface area contributed by atoms with Crippen LogP contribution in [0.15, 0.2) is 29.6 Å². The zero-order valence-electron chi connectivity index (χ0n) is 12.6. The molecule has 1 N–H and O–H groups in total. The number of aryl methyl sites for hydroxylation is 1. The first-order valence-corrected chi connectivity index (χ1v) is 8.56. The monoisotopic (exact) mass is 302 g/mol. The highest BCUT2D eigenvalue weighted by Crippen LogP contribution is 2.30. The minimum Gasteiger partial charge on any atom is -0.490 e. The molecule has 4 heteroatoms. The van der Waals surface area contributed by atoms with Crippen LogP contribution in [-0.2, 0) is 0 Å². The zero-order valence-corrected chi connectivity index (χ0v) is 13.5. The number of nitrogens with zero attached hydrogens (tertiary/aromatic N) is 1. The number of rotatable bonds is 7. The van der Waals surface area contributed by atoms with Crippen molar-refractivity contribution in [3.63, 3.8) is 0 Å². The number of aromatic nitrogens is 1. The molecule has 0 saturated heterocycles. The second kappa shape index (κ2) is 6.58. The Labute approximate surface area is 130 Å². The van der Waals surface area contributed by atoms with Crippen molar-refractivity contribution in [3.8, 4) is 5.75 Å². The molecule has 0 bridgehead atoms. The van der Waals surface area contributed by atoms with Gasteiger partial charge in [0.1, 0.15) is 5.75 Å². The fraction of sp³-hybridized carbons (Fsp3) is 0.471. The van der Waals surface area contributed by atoms with E-state index < -0.39 is 0 Å². The quantitative estimate of drug-likeness (QED) is 0.836. The lowest BCUT2D eigenvalue weighted by Gasteiger charge is -2.18. The van der Waals surface area contributed by atoms with Gasteiger partial charge in [-0.1, -0.05) is 19.1 Å². The average molecular weight is 302 g/mol. The SMILES string of the molecule is CCCNC(c1cccc(OC2CC2)c1)c1csc(C)n1. The van der Waals surface area contributed by atoms with Crippen LogP contribution in [0.25, 0.3) is 0 Å². The van der Waals surface area contributed by atoms with Crippen molar-refractivity contribution in [2.24, 2.45) is 0 Å². The number of thiazole rings is 1. The largest absolute Gasteiger partial charge is 0.490 e. The van der Waals surface area contributed by atoms with E-state index in [-0.39, 0.29) is 6.04 Å². The van der Waals surface area contributed by atoms with Gasteiger partial charge in [-0.25, -0.2) is 4.98 Å². The molecule has 1 aromatic carbocycles. The molecule has 0 radical (unpaired) electrons. The summed E-state index contributed by atoms with van der Waals surface area (Å²) in [5, 5.41) is 6.86. The van der Waals surface area contributed by atoms with E-state index in [1.807, 2.05) is 6.07 Å². The average Bonchev–Trinajstić information content (AvgIpc) is 3.19. The number of nitrogens with one attached hydrogen (secondary N) is 1. The normalized spacial score (nSPS) is 15.9. The fourth-order valence-electron chi connectivity index (χ4n) is 2.34. The number of ether oxygens (including phenoxy) is 1. The van der Waals surface area contributed by atoms with Crippen LogP contribution in [0.1, 0.15) is 48.5 Å². The molecule has 1 aromatic heterocycles. The van der Waals surface area contributed by atoms with E-state index in [1.165, 1.54) is 18.4 Å². The van der Waals surface area contributed by atoms with Crippen LogP contribution in [0.5, 0.6) is 5.75 Å². The maximum Gasteiger partial charge on any atom is 0.120 e.